The molecule has 0 N–H and O–H groups in total. The summed E-state index contributed by atoms with van der Waals surface area (Å²) in [7, 11) is 0. The van der Waals surface area contributed by atoms with E-state index in [1.54, 1.807) is 12.5 Å². The number of piperidine rings is 1. The van der Waals surface area contributed by atoms with Crippen LogP contribution in [0, 0.1) is 5.92 Å². The fourth-order valence-electron chi connectivity index (χ4n) is 1.92. The van der Waals surface area contributed by atoms with Gasteiger partial charge in [0.2, 0.25) is 0 Å². The van der Waals surface area contributed by atoms with Gasteiger partial charge in [0, 0.05) is 18.4 Å². The molecule has 0 saturated carbocycles. The molecule has 3 nitrogen and oxygen atoms in total. The molecule has 2 rings (SSSR count). The summed E-state index contributed by atoms with van der Waals surface area (Å²) in [4.78, 5) is 10.4. The Hall–Kier alpha value is -0.350. The van der Waals surface area contributed by atoms with Crippen molar-refractivity contribution < 1.29 is 0 Å². The first kappa shape index (κ1) is 11.1. The summed E-state index contributed by atoms with van der Waals surface area (Å²) in [5.74, 6) is 1.57. The zero-order valence-electron chi connectivity index (χ0n) is 8.37. The van der Waals surface area contributed by atoms with E-state index in [4.69, 9.17) is 11.6 Å². The van der Waals surface area contributed by atoms with E-state index < -0.39 is 0 Å². The lowest BCUT2D eigenvalue weighted by Crippen LogP contribution is -2.36. The molecule has 1 atom stereocenters. The van der Waals surface area contributed by atoms with Crippen LogP contribution in [-0.4, -0.2) is 28.4 Å². The van der Waals surface area contributed by atoms with E-state index >= 15 is 0 Å². The molecule has 1 fully saturated rings. The van der Waals surface area contributed by atoms with Crippen molar-refractivity contribution in [2.45, 2.75) is 12.8 Å². The van der Waals surface area contributed by atoms with E-state index in [-0.39, 0.29) is 0 Å². The summed E-state index contributed by atoms with van der Waals surface area (Å²) in [5.41, 5.74) is 0. The van der Waals surface area contributed by atoms with Gasteiger partial charge in [0.05, 0.1) is 6.20 Å². The molecule has 0 aromatic carbocycles. The third-order valence-corrected chi connectivity index (χ3v) is 3.87. The molecule has 1 aliphatic heterocycles. The van der Waals surface area contributed by atoms with Crippen molar-refractivity contribution in [2.75, 3.05) is 23.3 Å². The van der Waals surface area contributed by atoms with Gasteiger partial charge in [0.15, 0.2) is 5.82 Å². The minimum atomic E-state index is 0.646. The van der Waals surface area contributed by atoms with Gasteiger partial charge in [0.1, 0.15) is 11.3 Å². The first-order valence-electron chi connectivity index (χ1n) is 5.07. The lowest BCUT2D eigenvalue weighted by molar-refractivity contribution is 0.452. The van der Waals surface area contributed by atoms with Crippen molar-refractivity contribution >= 4 is 33.3 Å². The molecule has 15 heavy (non-hydrogen) atoms. The van der Waals surface area contributed by atoms with Crippen molar-refractivity contribution in [3.8, 4) is 0 Å². The van der Waals surface area contributed by atoms with Gasteiger partial charge in [0.25, 0.3) is 0 Å². The summed E-state index contributed by atoms with van der Waals surface area (Å²) in [6.45, 7) is 2.07. The standard InChI is InChI=1S/C10H13BrClN3/c11-4-8-2-1-3-15(6-8)10-9(12)5-13-7-14-10/h5,7-8H,1-4,6H2. The summed E-state index contributed by atoms with van der Waals surface area (Å²) in [5, 5.41) is 1.69. The Balaban J connectivity index is 2.13. The number of nitrogens with zero attached hydrogens (tertiary/aromatic N) is 3. The predicted molar refractivity (Wildman–Crippen MR) is 65.8 cm³/mol. The number of alkyl halides is 1. The van der Waals surface area contributed by atoms with Gasteiger partial charge >= 0.3 is 0 Å². The van der Waals surface area contributed by atoms with E-state index in [0.717, 1.165) is 24.2 Å². The van der Waals surface area contributed by atoms with Crippen LogP contribution >= 0.6 is 27.5 Å². The second-order valence-electron chi connectivity index (χ2n) is 3.80. The van der Waals surface area contributed by atoms with Crippen LogP contribution in [-0.2, 0) is 0 Å². The predicted octanol–water partition coefficient (Wildman–Crippen LogP) is 2.74. The van der Waals surface area contributed by atoms with Crippen LogP contribution in [0.4, 0.5) is 5.82 Å². The number of hydrogen-bond acceptors (Lipinski definition) is 3. The van der Waals surface area contributed by atoms with Crippen LogP contribution in [0.15, 0.2) is 12.5 Å². The molecule has 82 valence electrons. The average molecular weight is 291 g/mol. The highest BCUT2D eigenvalue weighted by Crippen LogP contribution is 2.27. The van der Waals surface area contributed by atoms with Crippen molar-refractivity contribution in [1.82, 2.24) is 9.97 Å². The highest BCUT2D eigenvalue weighted by molar-refractivity contribution is 9.09. The Bertz CT molecular complexity index is 334. The number of halogens is 2. The molecule has 0 radical (unpaired) electrons. The average Bonchev–Trinajstić information content (AvgIpc) is 2.30. The molecule has 0 aliphatic carbocycles. The highest BCUT2D eigenvalue weighted by atomic mass is 79.9. The van der Waals surface area contributed by atoms with Gasteiger partial charge in [-0.1, -0.05) is 27.5 Å². The first-order chi connectivity index (χ1) is 7.31. The molecule has 5 heteroatoms. The van der Waals surface area contributed by atoms with E-state index in [9.17, 15) is 0 Å². The fourth-order valence-corrected chi connectivity index (χ4v) is 2.68. The lowest BCUT2D eigenvalue weighted by Gasteiger charge is -2.33. The minimum absolute atomic E-state index is 0.646. The SMILES string of the molecule is Clc1cncnc1N1CCCC(CBr)C1. The molecular formula is C10H13BrClN3. The van der Waals surface area contributed by atoms with Gasteiger partial charge in [-0.05, 0) is 18.8 Å². The lowest BCUT2D eigenvalue weighted by atomic mass is 10.0. The number of hydrogen-bond donors (Lipinski definition) is 0. The quantitative estimate of drug-likeness (QED) is 0.784. The van der Waals surface area contributed by atoms with Crippen molar-refractivity contribution in [3.63, 3.8) is 0 Å². The molecule has 2 heterocycles. The Morgan fingerprint density at radius 1 is 1.60 bits per heavy atom. The molecular weight excluding hydrogens is 277 g/mol. The Morgan fingerprint density at radius 3 is 3.20 bits per heavy atom. The van der Waals surface area contributed by atoms with Gasteiger partial charge in [-0.3, -0.25) is 0 Å². The van der Waals surface area contributed by atoms with Crippen molar-refractivity contribution in [3.05, 3.63) is 17.5 Å². The van der Waals surface area contributed by atoms with Crippen molar-refractivity contribution in [1.29, 1.82) is 0 Å². The number of anilines is 1. The normalized spacial score (nSPS) is 21.7. The van der Waals surface area contributed by atoms with Crippen LogP contribution in [0.25, 0.3) is 0 Å². The summed E-state index contributed by atoms with van der Waals surface area (Å²) in [6, 6.07) is 0. The molecule has 1 aromatic rings. The maximum Gasteiger partial charge on any atom is 0.150 e. The number of rotatable bonds is 2. The summed E-state index contributed by atoms with van der Waals surface area (Å²) in [6.07, 6.45) is 5.70. The molecule has 1 aliphatic rings. The van der Waals surface area contributed by atoms with Gasteiger partial charge in [-0.25, -0.2) is 9.97 Å². The van der Waals surface area contributed by atoms with Crippen LogP contribution in [0.1, 0.15) is 12.8 Å². The zero-order chi connectivity index (χ0) is 10.7. The maximum absolute atomic E-state index is 6.07. The van der Waals surface area contributed by atoms with Gasteiger partial charge in [-0.15, -0.1) is 0 Å². The first-order valence-corrected chi connectivity index (χ1v) is 6.57. The monoisotopic (exact) mass is 289 g/mol. The second kappa shape index (κ2) is 5.12. The third kappa shape index (κ3) is 2.61. The van der Waals surface area contributed by atoms with Crippen LogP contribution in [0.3, 0.4) is 0 Å². The zero-order valence-corrected chi connectivity index (χ0v) is 10.7. The third-order valence-electron chi connectivity index (χ3n) is 2.68. The van der Waals surface area contributed by atoms with E-state index in [2.05, 4.69) is 30.8 Å². The highest BCUT2D eigenvalue weighted by Gasteiger charge is 2.21. The van der Waals surface area contributed by atoms with E-state index in [1.165, 1.54) is 12.8 Å². The molecule has 1 unspecified atom stereocenters. The Labute approximate surface area is 103 Å². The molecule has 1 aromatic heterocycles. The van der Waals surface area contributed by atoms with Crippen LogP contribution in [0.5, 0.6) is 0 Å². The molecule has 0 spiro atoms. The van der Waals surface area contributed by atoms with Gasteiger partial charge in [-0.2, -0.15) is 0 Å². The van der Waals surface area contributed by atoms with E-state index in [0.29, 0.717) is 10.9 Å². The van der Waals surface area contributed by atoms with Gasteiger partial charge < -0.3 is 4.90 Å². The molecule has 0 bridgehead atoms. The molecule has 1 saturated heterocycles. The fraction of sp³-hybridized carbons (Fsp3) is 0.600. The molecule has 0 amide bonds. The topological polar surface area (TPSA) is 29.0 Å². The van der Waals surface area contributed by atoms with E-state index in [1.807, 2.05) is 0 Å². The number of aromatic nitrogens is 2. The minimum Gasteiger partial charge on any atom is -0.355 e. The smallest absolute Gasteiger partial charge is 0.150 e. The summed E-state index contributed by atoms with van der Waals surface area (Å²) >= 11 is 9.61. The second-order valence-corrected chi connectivity index (χ2v) is 4.86. The van der Waals surface area contributed by atoms with Crippen molar-refractivity contribution in [2.24, 2.45) is 5.92 Å². The van der Waals surface area contributed by atoms with Crippen LogP contribution in [0.2, 0.25) is 5.02 Å². The largest absolute Gasteiger partial charge is 0.355 e. The Morgan fingerprint density at radius 2 is 2.47 bits per heavy atom. The Kier molecular flexibility index (Phi) is 3.81. The van der Waals surface area contributed by atoms with Crippen LogP contribution < -0.4 is 4.90 Å². The summed E-state index contributed by atoms with van der Waals surface area (Å²) < 4.78 is 0. The maximum atomic E-state index is 6.07.